The summed E-state index contributed by atoms with van der Waals surface area (Å²) in [7, 11) is 3.36. The Morgan fingerprint density at radius 1 is 1.12 bits per heavy atom. The second-order valence-corrected chi connectivity index (χ2v) is 4.70. The number of rotatable bonds is 7. The van der Waals surface area contributed by atoms with Crippen LogP contribution in [0.4, 0.5) is 0 Å². The van der Waals surface area contributed by atoms with Crippen LogP contribution in [0.3, 0.4) is 0 Å². The Kier molecular flexibility index (Phi) is 6.28. The van der Waals surface area contributed by atoms with Crippen LogP contribution in [0.2, 0.25) is 0 Å². The highest BCUT2D eigenvalue weighted by molar-refractivity contribution is 4.76. The maximum atomic E-state index is 5.23. The molecule has 16 heavy (non-hydrogen) atoms. The van der Waals surface area contributed by atoms with Gasteiger partial charge in [0.25, 0.3) is 0 Å². The first-order valence-corrected chi connectivity index (χ1v) is 6.21. The molecule has 0 radical (unpaired) electrons. The second-order valence-electron chi connectivity index (χ2n) is 4.70. The Morgan fingerprint density at radius 3 is 2.19 bits per heavy atom. The first-order chi connectivity index (χ1) is 7.67. The molecule has 1 rings (SSSR count). The first-order valence-electron chi connectivity index (χ1n) is 6.21. The average molecular weight is 230 g/mol. The van der Waals surface area contributed by atoms with Gasteiger partial charge in [-0.1, -0.05) is 0 Å². The number of methoxy groups -OCH3 is 2. The van der Waals surface area contributed by atoms with E-state index in [9.17, 15) is 0 Å². The molecule has 2 unspecified atom stereocenters. The molecular weight excluding hydrogens is 204 g/mol. The van der Waals surface area contributed by atoms with Crippen LogP contribution in [0.15, 0.2) is 0 Å². The number of ether oxygens (including phenoxy) is 2. The van der Waals surface area contributed by atoms with Gasteiger partial charge in [-0.15, -0.1) is 0 Å². The van der Waals surface area contributed by atoms with Gasteiger partial charge in [-0.05, 0) is 39.8 Å². The van der Waals surface area contributed by atoms with Gasteiger partial charge < -0.3 is 19.7 Å². The lowest BCUT2D eigenvalue weighted by Gasteiger charge is -2.28. The maximum Gasteiger partial charge on any atom is 0.171 e. The molecule has 1 heterocycles. The van der Waals surface area contributed by atoms with Gasteiger partial charge >= 0.3 is 0 Å². The van der Waals surface area contributed by atoms with E-state index < -0.39 is 0 Å². The lowest BCUT2D eigenvalue weighted by atomic mass is 10.2. The molecule has 0 aromatic heterocycles. The predicted octanol–water partition coefficient (Wildman–Crippen LogP) is 1.07. The quantitative estimate of drug-likeness (QED) is 0.663. The van der Waals surface area contributed by atoms with Crippen molar-refractivity contribution in [2.75, 3.05) is 33.9 Å². The van der Waals surface area contributed by atoms with Crippen LogP contribution in [-0.2, 0) is 9.47 Å². The predicted molar refractivity (Wildman–Crippen MR) is 65.5 cm³/mol. The largest absolute Gasteiger partial charge is 0.354 e. The zero-order valence-electron chi connectivity index (χ0n) is 11.0. The minimum atomic E-state index is -0.166. The summed E-state index contributed by atoms with van der Waals surface area (Å²) in [5.41, 5.74) is 0. The molecule has 1 aliphatic rings. The highest BCUT2D eigenvalue weighted by Crippen LogP contribution is 2.08. The van der Waals surface area contributed by atoms with Gasteiger partial charge in [0, 0.05) is 26.8 Å². The van der Waals surface area contributed by atoms with E-state index in [-0.39, 0.29) is 12.3 Å². The van der Waals surface area contributed by atoms with Crippen molar-refractivity contribution in [1.29, 1.82) is 0 Å². The van der Waals surface area contributed by atoms with Gasteiger partial charge in [0.1, 0.15) is 0 Å². The minimum Gasteiger partial charge on any atom is -0.354 e. The van der Waals surface area contributed by atoms with Gasteiger partial charge in [-0.3, -0.25) is 0 Å². The molecule has 0 spiro atoms. The topological polar surface area (TPSA) is 33.7 Å². The van der Waals surface area contributed by atoms with E-state index in [0.29, 0.717) is 6.04 Å². The third kappa shape index (κ3) is 4.37. The molecule has 1 fully saturated rings. The van der Waals surface area contributed by atoms with Crippen molar-refractivity contribution in [3.05, 3.63) is 0 Å². The summed E-state index contributed by atoms with van der Waals surface area (Å²) in [6.07, 6.45) is 2.53. The zero-order chi connectivity index (χ0) is 12.0. The first kappa shape index (κ1) is 13.9. The molecule has 96 valence electrons. The monoisotopic (exact) mass is 230 g/mol. The molecule has 1 aliphatic heterocycles. The molecule has 0 amide bonds. The van der Waals surface area contributed by atoms with Crippen molar-refractivity contribution in [3.8, 4) is 0 Å². The van der Waals surface area contributed by atoms with Crippen LogP contribution in [-0.4, -0.2) is 57.1 Å². The summed E-state index contributed by atoms with van der Waals surface area (Å²) in [5, 5.41) is 3.52. The molecule has 0 aromatic rings. The number of hydrogen-bond donors (Lipinski definition) is 1. The smallest absolute Gasteiger partial charge is 0.171 e. The molecule has 0 bridgehead atoms. The Balaban J connectivity index is 2.23. The molecule has 0 saturated carbocycles. The van der Waals surface area contributed by atoms with Crippen molar-refractivity contribution in [3.63, 3.8) is 0 Å². The van der Waals surface area contributed by atoms with Crippen LogP contribution in [0.1, 0.15) is 26.7 Å². The summed E-state index contributed by atoms with van der Waals surface area (Å²) in [6.45, 7) is 7.93. The van der Waals surface area contributed by atoms with E-state index in [2.05, 4.69) is 24.1 Å². The standard InChI is InChI=1S/C12H26N2O2/c1-10(9-14-7-5-6-8-14)13-11(2)12(15-3)16-4/h10-13H,5-9H2,1-4H3. The van der Waals surface area contributed by atoms with Crippen molar-refractivity contribution in [2.45, 2.75) is 45.1 Å². The van der Waals surface area contributed by atoms with E-state index in [1.165, 1.54) is 25.9 Å². The van der Waals surface area contributed by atoms with Crippen molar-refractivity contribution in [1.82, 2.24) is 10.2 Å². The third-order valence-electron chi connectivity index (χ3n) is 3.15. The molecule has 1 saturated heterocycles. The number of nitrogens with zero attached hydrogens (tertiary/aromatic N) is 1. The van der Waals surface area contributed by atoms with Gasteiger partial charge in [0.15, 0.2) is 6.29 Å². The fourth-order valence-electron chi connectivity index (χ4n) is 2.44. The Labute approximate surface area is 99.3 Å². The molecule has 2 atom stereocenters. The van der Waals surface area contributed by atoms with Crippen LogP contribution < -0.4 is 5.32 Å². The molecular formula is C12H26N2O2. The lowest BCUT2D eigenvalue weighted by Crippen LogP contribution is -2.47. The SMILES string of the molecule is COC(OC)C(C)NC(C)CN1CCCC1. The van der Waals surface area contributed by atoms with Crippen molar-refractivity contribution < 1.29 is 9.47 Å². The summed E-state index contributed by atoms with van der Waals surface area (Å²) < 4.78 is 10.5. The highest BCUT2D eigenvalue weighted by atomic mass is 16.7. The fraction of sp³-hybridized carbons (Fsp3) is 1.00. The zero-order valence-corrected chi connectivity index (χ0v) is 11.0. The number of likely N-dealkylation sites (tertiary alicyclic amines) is 1. The van der Waals surface area contributed by atoms with Gasteiger partial charge in [-0.25, -0.2) is 0 Å². The lowest BCUT2D eigenvalue weighted by molar-refractivity contribution is -0.121. The van der Waals surface area contributed by atoms with Crippen molar-refractivity contribution in [2.24, 2.45) is 0 Å². The molecule has 0 aliphatic carbocycles. The maximum absolute atomic E-state index is 5.23. The van der Waals surface area contributed by atoms with E-state index in [4.69, 9.17) is 9.47 Å². The third-order valence-corrected chi connectivity index (χ3v) is 3.15. The van der Waals surface area contributed by atoms with Crippen LogP contribution >= 0.6 is 0 Å². The summed E-state index contributed by atoms with van der Waals surface area (Å²) in [4.78, 5) is 2.51. The number of hydrogen-bond acceptors (Lipinski definition) is 4. The van der Waals surface area contributed by atoms with Crippen LogP contribution in [0.5, 0.6) is 0 Å². The Hall–Kier alpha value is -0.160. The molecule has 0 aromatic carbocycles. The van der Waals surface area contributed by atoms with Crippen molar-refractivity contribution >= 4 is 0 Å². The normalized spacial score (nSPS) is 21.6. The van der Waals surface area contributed by atoms with Crippen LogP contribution in [0.25, 0.3) is 0 Å². The Morgan fingerprint density at radius 2 is 1.69 bits per heavy atom. The Bertz CT molecular complexity index is 180. The summed E-state index contributed by atoms with van der Waals surface area (Å²) in [5.74, 6) is 0. The van der Waals surface area contributed by atoms with Gasteiger partial charge in [0.2, 0.25) is 0 Å². The number of nitrogens with one attached hydrogen (secondary N) is 1. The summed E-state index contributed by atoms with van der Waals surface area (Å²) >= 11 is 0. The average Bonchev–Trinajstić information content (AvgIpc) is 2.71. The van der Waals surface area contributed by atoms with Crippen LogP contribution in [0, 0.1) is 0 Å². The van der Waals surface area contributed by atoms with E-state index in [0.717, 1.165) is 6.54 Å². The van der Waals surface area contributed by atoms with Gasteiger partial charge in [-0.2, -0.15) is 0 Å². The highest BCUT2D eigenvalue weighted by Gasteiger charge is 2.20. The molecule has 1 N–H and O–H groups in total. The van der Waals surface area contributed by atoms with Gasteiger partial charge in [0.05, 0.1) is 6.04 Å². The van der Waals surface area contributed by atoms with E-state index in [1.54, 1.807) is 14.2 Å². The van der Waals surface area contributed by atoms with E-state index >= 15 is 0 Å². The molecule has 4 heteroatoms. The van der Waals surface area contributed by atoms with E-state index in [1.807, 2.05) is 0 Å². The molecule has 4 nitrogen and oxygen atoms in total. The minimum absolute atomic E-state index is 0.166. The second kappa shape index (κ2) is 7.22. The fourth-order valence-corrected chi connectivity index (χ4v) is 2.44. The summed E-state index contributed by atoms with van der Waals surface area (Å²) in [6, 6.07) is 0.688.